The first-order valence-electron chi connectivity index (χ1n) is 7.50. The molecule has 1 aromatic carbocycles. The highest BCUT2D eigenvalue weighted by Crippen LogP contribution is 2.12. The van der Waals surface area contributed by atoms with Crippen molar-refractivity contribution in [1.29, 1.82) is 0 Å². The Labute approximate surface area is 125 Å². The molecule has 0 aromatic heterocycles. The Balaban J connectivity index is -0.000000425. The maximum absolute atomic E-state index is 9.04. The highest BCUT2D eigenvalue weighted by molar-refractivity contribution is 5.29. The topological polar surface area (TPSA) is 38.7 Å². The smallest absolute Gasteiger partial charge is 0.0713 e. The standard InChI is InChI=1S/C11H16O3.3C2H6/c1-13-7-10-3-9(6-12)4-11(5-10)8-14-2;3*1-2/h3-5,12H,6-8H2,1-2H3;3*1-2H3. The molecule has 1 aromatic rings. The van der Waals surface area contributed by atoms with Crippen molar-refractivity contribution < 1.29 is 14.6 Å². The molecule has 3 heteroatoms. The lowest BCUT2D eigenvalue weighted by molar-refractivity contribution is 0.179. The lowest BCUT2D eigenvalue weighted by Gasteiger charge is -2.07. The molecule has 0 amide bonds. The van der Waals surface area contributed by atoms with Gasteiger partial charge in [-0.3, -0.25) is 0 Å². The van der Waals surface area contributed by atoms with Crippen molar-refractivity contribution in [3.05, 3.63) is 34.9 Å². The lowest BCUT2D eigenvalue weighted by atomic mass is 10.1. The third-order valence-electron chi connectivity index (χ3n) is 1.92. The molecule has 1 N–H and O–H groups in total. The van der Waals surface area contributed by atoms with Gasteiger partial charge in [-0.05, 0) is 16.7 Å². The summed E-state index contributed by atoms with van der Waals surface area (Å²) >= 11 is 0. The van der Waals surface area contributed by atoms with Crippen LogP contribution in [-0.2, 0) is 29.3 Å². The summed E-state index contributed by atoms with van der Waals surface area (Å²) in [7, 11) is 3.31. The Kier molecular flexibility index (Phi) is 24.6. The summed E-state index contributed by atoms with van der Waals surface area (Å²) in [6.45, 7) is 13.2. The van der Waals surface area contributed by atoms with Gasteiger partial charge >= 0.3 is 0 Å². The van der Waals surface area contributed by atoms with Crippen molar-refractivity contribution in [3.63, 3.8) is 0 Å². The first-order chi connectivity index (χ1) is 9.80. The van der Waals surface area contributed by atoms with Gasteiger partial charge in [0.2, 0.25) is 0 Å². The maximum Gasteiger partial charge on any atom is 0.0713 e. The number of methoxy groups -OCH3 is 2. The molecule has 0 saturated heterocycles. The van der Waals surface area contributed by atoms with Crippen molar-refractivity contribution in [3.8, 4) is 0 Å². The van der Waals surface area contributed by atoms with Crippen LogP contribution < -0.4 is 0 Å². The van der Waals surface area contributed by atoms with Gasteiger partial charge in [-0.1, -0.05) is 59.7 Å². The zero-order valence-electron chi connectivity index (χ0n) is 14.6. The molecule has 20 heavy (non-hydrogen) atoms. The SMILES string of the molecule is CC.CC.CC.COCc1cc(CO)cc(COC)c1. The van der Waals surface area contributed by atoms with Crippen LogP contribution in [0.2, 0.25) is 0 Å². The van der Waals surface area contributed by atoms with Crippen LogP contribution in [0.4, 0.5) is 0 Å². The highest BCUT2D eigenvalue weighted by atomic mass is 16.5. The van der Waals surface area contributed by atoms with Gasteiger partial charge in [0.25, 0.3) is 0 Å². The van der Waals surface area contributed by atoms with Gasteiger partial charge in [0.15, 0.2) is 0 Å². The molecular formula is C17H34O3. The van der Waals surface area contributed by atoms with Gasteiger partial charge in [-0.15, -0.1) is 0 Å². The number of aliphatic hydroxyl groups is 1. The number of benzene rings is 1. The van der Waals surface area contributed by atoms with Crippen LogP contribution in [-0.4, -0.2) is 19.3 Å². The van der Waals surface area contributed by atoms with Crippen molar-refractivity contribution >= 4 is 0 Å². The molecule has 0 saturated carbocycles. The molecule has 0 spiro atoms. The Morgan fingerprint density at radius 2 is 1.00 bits per heavy atom. The van der Waals surface area contributed by atoms with E-state index < -0.39 is 0 Å². The van der Waals surface area contributed by atoms with Crippen molar-refractivity contribution in [2.75, 3.05) is 14.2 Å². The fourth-order valence-electron chi connectivity index (χ4n) is 1.43. The summed E-state index contributed by atoms with van der Waals surface area (Å²) in [5.41, 5.74) is 3.02. The second kappa shape index (κ2) is 20.4. The minimum absolute atomic E-state index is 0.0499. The predicted octanol–water partition coefficient (Wildman–Crippen LogP) is 4.55. The number of ether oxygens (including phenoxy) is 2. The van der Waals surface area contributed by atoms with Gasteiger partial charge in [0, 0.05) is 14.2 Å². The second-order valence-corrected chi connectivity index (χ2v) is 3.18. The Morgan fingerprint density at radius 1 is 0.700 bits per heavy atom. The molecule has 1 rings (SSSR count). The zero-order chi connectivity index (χ0) is 16.4. The average molecular weight is 286 g/mol. The largest absolute Gasteiger partial charge is 0.392 e. The summed E-state index contributed by atoms with van der Waals surface area (Å²) in [6, 6.07) is 5.89. The van der Waals surface area contributed by atoms with Gasteiger partial charge in [0.1, 0.15) is 0 Å². The molecule has 0 bridgehead atoms. The second-order valence-electron chi connectivity index (χ2n) is 3.18. The summed E-state index contributed by atoms with van der Waals surface area (Å²) in [4.78, 5) is 0. The first-order valence-corrected chi connectivity index (χ1v) is 7.50. The molecule has 0 atom stereocenters. The van der Waals surface area contributed by atoms with E-state index in [1.54, 1.807) is 14.2 Å². The Bertz CT molecular complexity index is 261. The van der Waals surface area contributed by atoms with E-state index in [1.165, 1.54) is 0 Å². The molecule has 0 unspecified atom stereocenters. The zero-order valence-corrected chi connectivity index (χ0v) is 14.6. The fraction of sp³-hybridized carbons (Fsp3) is 0.647. The van der Waals surface area contributed by atoms with E-state index >= 15 is 0 Å². The molecule has 0 aliphatic rings. The quantitative estimate of drug-likeness (QED) is 0.863. The predicted molar refractivity (Wildman–Crippen MR) is 87.8 cm³/mol. The summed E-state index contributed by atoms with van der Waals surface area (Å²) in [5, 5.41) is 9.04. The summed E-state index contributed by atoms with van der Waals surface area (Å²) in [6.07, 6.45) is 0. The maximum atomic E-state index is 9.04. The van der Waals surface area contributed by atoms with Crippen LogP contribution in [0.5, 0.6) is 0 Å². The number of aliphatic hydroxyl groups excluding tert-OH is 1. The third-order valence-corrected chi connectivity index (χ3v) is 1.92. The van der Waals surface area contributed by atoms with Crippen molar-refractivity contribution in [2.24, 2.45) is 0 Å². The summed E-state index contributed by atoms with van der Waals surface area (Å²) in [5.74, 6) is 0. The minimum atomic E-state index is 0.0499. The van der Waals surface area contributed by atoms with Crippen LogP contribution in [0.1, 0.15) is 58.2 Å². The van der Waals surface area contributed by atoms with E-state index in [4.69, 9.17) is 14.6 Å². The van der Waals surface area contributed by atoms with Gasteiger partial charge in [0.05, 0.1) is 19.8 Å². The highest BCUT2D eigenvalue weighted by Gasteiger charge is 2.00. The lowest BCUT2D eigenvalue weighted by Crippen LogP contribution is -1.96. The van der Waals surface area contributed by atoms with Crippen LogP contribution in [0.15, 0.2) is 18.2 Å². The van der Waals surface area contributed by atoms with E-state index in [2.05, 4.69) is 0 Å². The van der Waals surface area contributed by atoms with Crippen LogP contribution in [0, 0.1) is 0 Å². The number of rotatable bonds is 5. The van der Waals surface area contributed by atoms with Crippen LogP contribution in [0.3, 0.4) is 0 Å². The van der Waals surface area contributed by atoms with Crippen LogP contribution >= 0.6 is 0 Å². The van der Waals surface area contributed by atoms with Crippen molar-refractivity contribution in [1.82, 2.24) is 0 Å². The molecule has 0 heterocycles. The number of hydrogen-bond donors (Lipinski definition) is 1. The van der Waals surface area contributed by atoms with Crippen molar-refractivity contribution in [2.45, 2.75) is 61.4 Å². The van der Waals surface area contributed by atoms with Gasteiger partial charge in [-0.25, -0.2) is 0 Å². The summed E-state index contributed by atoms with van der Waals surface area (Å²) < 4.78 is 10.1. The number of hydrogen-bond acceptors (Lipinski definition) is 3. The molecular weight excluding hydrogens is 252 g/mol. The molecule has 0 radical (unpaired) electrons. The third kappa shape index (κ3) is 12.2. The molecule has 0 fully saturated rings. The van der Waals surface area contributed by atoms with E-state index in [-0.39, 0.29) is 6.61 Å². The molecule has 0 aliphatic heterocycles. The van der Waals surface area contributed by atoms with Crippen LogP contribution in [0.25, 0.3) is 0 Å². The fourth-order valence-corrected chi connectivity index (χ4v) is 1.43. The average Bonchev–Trinajstić information content (AvgIpc) is 2.53. The molecule has 3 nitrogen and oxygen atoms in total. The molecule has 0 aliphatic carbocycles. The normalized spacial score (nSPS) is 8.25. The van der Waals surface area contributed by atoms with E-state index in [0.717, 1.165) is 16.7 Å². The Morgan fingerprint density at radius 3 is 1.25 bits per heavy atom. The Hall–Kier alpha value is -0.900. The van der Waals surface area contributed by atoms with E-state index in [1.807, 2.05) is 59.7 Å². The first kappa shape index (κ1) is 24.1. The van der Waals surface area contributed by atoms with Gasteiger partial charge in [-0.2, -0.15) is 0 Å². The molecule has 120 valence electrons. The van der Waals surface area contributed by atoms with Gasteiger partial charge < -0.3 is 14.6 Å². The van der Waals surface area contributed by atoms with E-state index in [0.29, 0.717) is 13.2 Å². The minimum Gasteiger partial charge on any atom is -0.392 e. The van der Waals surface area contributed by atoms with E-state index in [9.17, 15) is 0 Å². The monoisotopic (exact) mass is 286 g/mol.